The lowest BCUT2D eigenvalue weighted by atomic mass is 10.3. The number of aryl methyl sites for hydroxylation is 1. The van der Waals surface area contributed by atoms with Crippen LogP contribution in [0.1, 0.15) is 24.8 Å². The standard InChI is InChI=1S/C16H21NO4S3.H2O/c1-4-13(22-3)11-16-17(8-5-9-24(18,19)20)14-10-12(21-2)6-7-15(14)23-16;/h6-7,10-11H,4-5,8-9H2,1-3H3;1H2/b13-11+;. The van der Waals surface area contributed by atoms with Gasteiger partial charge in [-0.15, -0.1) is 11.8 Å². The number of ether oxygens (including phenoxy) is 1. The van der Waals surface area contributed by atoms with E-state index in [-0.39, 0.29) is 11.2 Å². The maximum Gasteiger partial charge on any atom is 0.263 e. The van der Waals surface area contributed by atoms with Crippen molar-refractivity contribution in [2.75, 3.05) is 19.1 Å². The topological polar surface area (TPSA) is 102 Å². The zero-order chi connectivity index (χ0) is 17.7. The molecule has 0 amide bonds. The third-order valence-electron chi connectivity index (χ3n) is 3.61. The van der Waals surface area contributed by atoms with Gasteiger partial charge in [-0.1, -0.05) is 18.3 Å². The minimum Gasteiger partial charge on any atom is -0.748 e. The highest BCUT2D eigenvalue weighted by atomic mass is 32.2. The molecule has 2 N–H and O–H groups in total. The van der Waals surface area contributed by atoms with Crippen LogP contribution in [0.5, 0.6) is 5.75 Å². The average Bonchev–Trinajstić information content (AvgIpc) is 2.88. The summed E-state index contributed by atoms with van der Waals surface area (Å²) in [6.07, 6.45) is 5.41. The van der Waals surface area contributed by atoms with E-state index in [2.05, 4.69) is 17.6 Å². The molecule has 2 aromatic rings. The van der Waals surface area contributed by atoms with Gasteiger partial charge in [0.2, 0.25) is 5.52 Å². The first-order valence-electron chi connectivity index (χ1n) is 7.56. The van der Waals surface area contributed by atoms with Crippen molar-refractivity contribution < 1.29 is 27.8 Å². The van der Waals surface area contributed by atoms with Crippen molar-refractivity contribution in [3.63, 3.8) is 0 Å². The molecule has 1 aromatic carbocycles. The van der Waals surface area contributed by atoms with Gasteiger partial charge in [0.1, 0.15) is 10.4 Å². The fourth-order valence-electron chi connectivity index (χ4n) is 2.39. The Bertz CT molecular complexity index is 837. The Kier molecular flexibility index (Phi) is 8.36. The van der Waals surface area contributed by atoms with Crippen LogP contribution in [0.3, 0.4) is 0 Å². The largest absolute Gasteiger partial charge is 0.748 e. The van der Waals surface area contributed by atoms with E-state index in [9.17, 15) is 13.0 Å². The summed E-state index contributed by atoms with van der Waals surface area (Å²) in [4.78, 5) is 1.25. The number of allylic oxidation sites excluding steroid dienone is 1. The number of rotatable bonds is 8. The lowest BCUT2D eigenvalue weighted by molar-refractivity contribution is -0.668. The number of fused-ring (bicyclic) bond motifs is 1. The van der Waals surface area contributed by atoms with Crippen molar-refractivity contribution in [3.8, 4) is 5.75 Å². The molecular formula is C16H23NO5S3. The Morgan fingerprint density at radius 3 is 2.72 bits per heavy atom. The first-order valence-corrected chi connectivity index (χ1v) is 11.2. The van der Waals surface area contributed by atoms with Crippen molar-refractivity contribution >= 4 is 49.5 Å². The van der Waals surface area contributed by atoms with Gasteiger partial charge in [0.05, 0.1) is 23.3 Å². The smallest absolute Gasteiger partial charge is 0.263 e. The Morgan fingerprint density at radius 2 is 2.16 bits per heavy atom. The Labute approximate surface area is 156 Å². The molecule has 140 valence electrons. The molecule has 0 spiro atoms. The molecule has 0 aliphatic carbocycles. The number of thiazole rings is 1. The van der Waals surface area contributed by atoms with Crippen molar-refractivity contribution in [2.45, 2.75) is 26.3 Å². The van der Waals surface area contributed by atoms with Crippen LogP contribution in [0, 0.1) is 0 Å². The lowest BCUT2D eigenvalue weighted by Crippen LogP contribution is -2.36. The average molecular weight is 406 g/mol. The summed E-state index contributed by atoms with van der Waals surface area (Å²) < 4.78 is 41.1. The van der Waals surface area contributed by atoms with Gasteiger partial charge in [0.15, 0.2) is 6.54 Å². The summed E-state index contributed by atoms with van der Waals surface area (Å²) in [6.45, 7) is 2.58. The first kappa shape index (κ1) is 21.9. The second kappa shape index (κ2) is 9.54. The lowest BCUT2D eigenvalue weighted by Gasteiger charge is -2.05. The molecule has 0 bridgehead atoms. The molecule has 0 aliphatic heterocycles. The summed E-state index contributed by atoms with van der Waals surface area (Å²) in [6, 6.07) is 5.86. The molecule has 0 unspecified atom stereocenters. The first-order chi connectivity index (χ1) is 11.4. The number of methoxy groups -OCH3 is 1. The van der Waals surface area contributed by atoms with E-state index in [0.29, 0.717) is 13.0 Å². The van der Waals surface area contributed by atoms with Gasteiger partial charge in [-0.05, 0) is 29.7 Å². The predicted octanol–water partition coefficient (Wildman–Crippen LogP) is 2.42. The number of hydrogen-bond acceptors (Lipinski definition) is 6. The maximum absolute atomic E-state index is 10.9. The molecule has 0 atom stereocenters. The fraction of sp³-hybridized carbons (Fsp3) is 0.438. The summed E-state index contributed by atoms with van der Waals surface area (Å²) in [5, 5.41) is 1.05. The number of hydrogen-bond donors (Lipinski definition) is 0. The minimum atomic E-state index is -4.19. The van der Waals surface area contributed by atoms with Gasteiger partial charge < -0.3 is 14.8 Å². The molecular weight excluding hydrogens is 382 g/mol. The van der Waals surface area contributed by atoms with Gasteiger partial charge in [-0.25, -0.2) is 8.42 Å². The summed E-state index contributed by atoms with van der Waals surface area (Å²) >= 11 is 3.35. The van der Waals surface area contributed by atoms with E-state index in [1.54, 1.807) is 30.2 Å². The highest BCUT2D eigenvalue weighted by Gasteiger charge is 2.20. The third-order valence-corrected chi connectivity index (χ3v) is 6.44. The summed E-state index contributed by atoms with van der Waals surface area (Å²) in [7, 11) is -2.58. The van der Waals surface area contributed by atoms with Crippen molar-refractivity contribution in [1.82, 2.24) is 0 Å². The summed E-state index contributed by atoms with van der Waals surface area (Å²) in [5.41, 5.74) is 0.991. The summed E-state index contributed by atoms with van der Waals surface area (Å²) in [5.74, 6) is 0.398. The minimum absolute atomic E-state index is 0. The molecule has 25 heavy (non-hydrogen) atoms. The monoisotopic (exact) mass is 405 g/mol. The van der Waals surface area contributed by atoms with Crippen LogP contribution in [-0.4, -0.2) is 37.6 Å². The van der Waals surface area contributed by atoms with Crippen LogP contribution < -0.4 is 9.30 Å². The Hall–Kier alpha value is -1.13. The number of benzene rings is 1. The normalized spacial score (nSPS) is 12.2. The van der Waals surface area contributed by atoms with E-state index < -0.39 is 10.1 Å². The van der Waals surface area contributed by atoms with E-state index in [4.69, 9.17) is 4.74 Å². The Balaban J connectivity index is 0.00000312. The van der Waals surface area contributed by atoms with Crippen molar-refractivity contribution in [2.24, 2.45) is 0 Å². The highest BCUT2D eigenvalue weighted by Crippen LogP contribution is 2.28. The van der Waals surface area contributed by atoms with Crippen LogP contribution in [-0.2, 0) is 16.7 Å². The quantitative estimate of drug-likeness (QED) is 0.496. The molecule has 0 saturated carbocycles. The molecule has 0 fully saturated rings. The molecule has 0 aliphatic rings. The van der Waals surface area contributed by atoms with E-state index in [1.807, 2.05) is 24.5 Å². The van der Waals surface area contributed by atoms with Gasteiger partial charge in [-0.3, -0.25) is 0 Å². The van der Waals surface area contributed by atoms with Crippen LogP contribution in [0.4, 0.5) is 0 Å². The van der Waals surface area contributed by atoms with E-state index in [1.165, 1.54) is 4.91 Å². The molecule has 1 aromatic heterocycles. The second-order valence-corrected chi connectivity index (χ2v) is 8.73. The number of aromatic nitrogens is 1. The molecule has 6 nitrogen and oxygen atoms in total. The van der Waals surface area contributed by atoms with E-state index >= 15 is 0 Å². The van der Waals surface area contributed by atoms with Gasteiger partial charge in [0, 0.05) is 18.2 Å². The molecule has 0 saturated heterocycles. The predicted molar refractivity (Wildman–Crippen MR) is 103 cm³/mol. The van der Waals surface area contributed by atoms with Crippen LogP contribution in [0.15, 0.2) is 23.1 Å². The number of nitrogens with zero attached hydrogens (tertiary/aromatic N) is 1. The van der Waals surface area contributed by atoms with Gasteiger partial charge in [-0.2, -0.15) is 4.57 Å². The molecule has 1 heterocycles. The van der Waals surface area contributed by atoms with Crippen LogP contribution in [0.25, 0.3) is 16.3 Å². The fourth-order valence-corrected chi connectivity index (χ4v) is 4.60. The number of thioether (sulfide) groups is 1. The molecule has 0 radical (unpaired) electrons. The van der Waals surface area contributed by atoms with Crippen molar-refractivity contribution in [1.29, 1.82) is 0 Å². The maximum atomic E-state index is 10.9. The molecule has 9 heteroatoms. The molecule has 2 rings (SSSR count). The van der Waals surface area contributed by atoms with Crippen LogP contribution in [0.2, 0.25) is 0 Å². The van der Waals surface area contributed by atoms with Gasteiger partial charge in [0.25, 0.3) is 5.01 Å². The second-order valence-electron chi connectivity index (χ2n) is 5.21. The SMILES string of the molecule is CC/C(=C\c1sc2ccc(OC)cc2[n+]1CCCS(=O)(=O)[O-])SC.O. The zero-order valence-corrected chi connectivity index (χ0v) is 16.9. The highest BCUT2D eigenvalue weighted by molar-refractivity contribution is 8.02. The zero-order valence-electron chi connectivity index (χ0n) is 14.4. The van der Waals surface area contributed by atoms with Gasteiger partial charge >= 0.3 is 0 Å². The van der Waals surface area contributed by atoms with Crippen molar-refractivity contribution in [3.05, 3.63) is 28.1 Å². The van der Waals surface area contributed by atoms with E-state index in [0.717, 1.165) is 27.4 Å². The Morgan fingerprint density at radius 1 is 1.44 bits per heavy atom. The van der Waals surface area contributed by atoms with Crippen LogP contribution >= 0.6 is 23.1 Å². The third kappa shape index (κ3) is 5.96.